The predicted octanol–water partition coefficient (Wildman–Crippen LogP) is 0.674. The van der Waals surface area contributed by atoms with Gasteiger partial charge in [-0.05, 0) is 13.3 Å². The molecular weight excluding hydrogens is 251 g/mol. The molecule has 0 rings (SSSR count). The van der Waals surface area contributed by atoms with Crippen molar-refractivity contribution in [2.24, 2.45) is 5.92 Å². The average molecular weight is 266 g/mol. The van der Waals surface area contributed by atoms with Crippen LogP contribution in [0.1, 0.15) is 19.8 Å². The van der Waals surface area contributed by atoms with Gasteiger partial charge in [0.05, 0.1) is 11.6 Å². The molecule has 0 aromatic carbocycles. The second-order valence-electron chi connectivity index (χ2n) is 3.48. The van der Waals surface area contributed by atoms with E-state index in [-0.39, 0.29) is 6.42 Å². The molecule has 0 aliphatic rings. The van der Waals surface area contributed by atoms with Gasteiger partial charge >= 0.3 is 19.5 Å². The van der Waals surface area contributed by atoms with E-state index in [1.54, 1.807) is 0 Å². The van der Waals surface area contributed by atoms with Crippen molar-refractivity contribution in [3.05, 3.63) is 12.2 Å². The van der Waals surface area contributed by atoms with E-state index in [2.05, 4.69) is 0 Å². The molecule has 0 radical (unpaired) electrons. The van der Waals surface area contributed by atoms with Crippen LogP contribution in [0, 0.1) is 5.92 Å². The maximum atomic E-state index is 11.1. The van der Waals surface area contributed by atoms with E-state index in [1.165, 1.54) is 13.0 Å². The number of rotatable bonds is 7. The summed E-state index contributed by atoms with van der Waals surface area (Å²) in [4.78, 5) is 39.3. The van der Waals surface area contributed by atoms with Crippen molar-refractivity contribution in [2.45, 2.75) is 25.4 Å². The van der Waals surface area contributed by atoms with E-state index in [0.717, 1.165) is 6.08 Å². The van der Waals surface area contributed by atoms with Crippen molar-refractivity contribution >= 4 is 19.5 Å². The second-order valence-corrected chi connectivity index (χ2v) is 5.26. The number of carbonyl (C=O) groups is 2. The minimum absolute atomic E-state index is 0.329. The number of hydrogen-bond donors (Lipinski definition) is 4. The van der Waals surface area contributed by atoms with Gasteiger partial charge in [-0.1, -0.05) is 12.2 Å². The Morgan fingerprint density at radius 2 is 1.82 bits per heavy atom. The Labute approximate surface area is 97.9 Å². The molecular formula is C9H15O7P. The van der Waals surface area contributed by atoms with Crippen LogP contribution in [0.25, 0.3) is 0 Å². The van der Waals surface area contributed by atoms with Crippen LogP contribution >= 0.6 is 7.60 Å². The highest BCUT2D eigenvalue weighted by molar-refractivity contribution is 7.52. The molecule has 98 valence electrons. The van der Waals surface area contributed by atoms with Gasteiger partial charge in [0.1, 0.15) is 0 Å². The van der Waals surface area contributed by atoms with E-state index in [4.69, 9.17) is 20.0 Å². The van der Waals surface area contributed by atoms with Crippen LogP contribution in [0.5, 0.6) is 0 Å². The molecule has 0 saturated heterocycles. The van der Waals surface area contributed by atoms with Gasteiger partial charge in [-0.2, -0.15) is 0 Å². The summed E-state index contributed by atoms with van der Waals surface area (Å²) in [5.41, 5.74) is -1.50. The summed E-state index contributed by atoms with van der Waals surface area (Å²) in [6.07, 6.45) is 1.65. The maximum Gasteiger partial charge on any atom is 0.333 e. The molecule has 0 aliphatic carbocycles. The molecule has 0 saturated carbocycles. The first-order valence-electron chi connectivity index (χ1n) is 4.82. The van der Waals surface area contributed by atoms with E-state index < -0.39 is 37.5 Å². The summed E-state index contributed by atoms with van der Waals surface area (Å²) in [5.74, 6) is -4.04. The molecule has 2 atom stereocenters. The van der Waals surface area contributed by atoms with Gasteiger partial charge in [0.2, 0.25) is 0 Å². The Balaban J connectivity index is 5.04. The molecule has 4 N–H and O–H groups in total. The quantitative estimate of drug-likeness (QED) is 0.393. The topological polar surface area (TPSA) is 132 Å². The lowest BCUT2D eigenvalue weighted by molar-refractivity contribution is -0.142. The zero-order valence-corrected chi connectivity index (χ0v) is 10.1. The summed E-state index contributed by atoms with van der Waals surface area (Å²) in [5, 5.41) is 17.3. The standard InChI is InChI=1S/C9H15O7P/c1-2-3-7(17(14,15)16)6(9(12)13)4-5-8(10)11/h2-3,6-7H,4-5H2,1H3,(H,10,11)(H,12,13)(H2,14,15,16). The van der Waals surface area contributed by atoms with Crippen molar-refractivity contribution in [1.29, 1.82) is 0 Å². The molecule has 8 heteroatoms. The lowest BCUT2D eigenvalue weighted by atomic mass is 9.99. The van der Waals surface area contributed by atoms with Crippen LogP contribution in [-0.2, 0) is 14.2 Å². The lowest BCUT2D eigenvalue weighted by Crippen LogP contribution is -2.27. The lowest BCUT2D eigenvalue weighted by Gasteiger charge is -2.21. The van der Waals surface area contributed by atoms with E-state index in [9.17, 15) is 14.2 Å². The molecule has 0 amide bonds. The van der Waals surface area contributed by atoms with Gasteiger partial charge in [0.25, 0.3) is 0 Å². The van der Waals surface area contributed by atoms with Gasteiger partial charge in [-0.15, -0.1) is 0 Å². The number of carboxylic acid groups (broad SMARTS) is 2. The second kappa shape index (κ2) is 6.54. The summed E-state index contributed by atoms with van der Waals surface area (Å²) >= 11 is 0. The Kier molecular flexibility index (Phi) is 6.09. The normalized spacial score (nSPS) is 15.7. The summed E-state index contributed by atoms with van der Waals surface area (Å²) < 4.78 is 11.1. The third-order valence-electron chi connectivity index (χ3n) is 2.18. The predicted molar refractivity (Wildman–Crippen MR) is 58.6 cm³/mol. The summed E-state index contributed by atoms with van der Waals surface area (Å²) in [6, 6.07) is 0. The van der Waals surface area contributed by atoms with Gasteiger partial charge in [-0.3, -0.25) is 14.2 Å². The van der Waals surface area contributed by atoms with Crippen LogP contribution < -0.4 is 0 Å². The number of carboxylic acids is 2. The first kappa shape index (κ1) is 15.8. The molecule has 17 heavy (non-hydrogen) atoms. The van der Waals surface area contributed by atoms with E-state index in [1.807, 2.05) is 0 Å². The third-order valence-corrected chi connectivity index (χ3v) is 3.49. The van der Waals surface area contributed by atoms with Gasteiger partial charge in [0, 0.05) is 6.42 Å². The smallest absolute Gasteiger partial charge is 0.333 e. The highest BCUT2D eigenvalue weighted by atomic mass is 31.2. The Hall–Kier alpha value is -1.17. The monoisotopic (exact) mass is 266 g/mol. The van der Waals surface area contributed by atoms with E-state index in [0.29, 0.717) is 0 Å². The molecule has 0 bridgehead atoms. The van der Waals surface area contributed by atoms with Crippen molar-refractivity contribution in [3.63, 3.8) is 0 Å². The summed E-state index contributed by atoms with van der Waals surface area (Å²) in [7, 11) is -4.62. The van der Waals surface area contributed by atoms with Crippen LogP contribution in [-0.4, -0.2) is 37.6 Å². The first-order valence-corrected chi connectivity index (χ1v) is 6.51. The largest absolute Gasteiger partial charge is 0.481 e. The van der Waals surface area contributed by atoms with Crippen LogP contribution in [0.4, 0.5) is 0 Å². The minimum Gasteiger partial charge on any atom is -0.481 e. The Bertz CT molecular complexity index is 356. The maximum absolute atomic E-state index is 11.1. The molecule has 0 aromatic rings. The fourth-order valence-electron chi connectivity index (χ4n) is 1.40. The Morgan fingerprint density at radius 1 is 1.29 bits per heavy atom. The zero-order chi connectivity index (χ0) is 13.6. The van der Waals surface area contributed by atoms with Crippen molar-refractivity contribution in [1.82, 2.24) is 0 Å². The van der Waals surface area contributed by atoms with Crippen LogP contribution in [0.2, 0.25) is 0 Å². The molecule has 2 unspecified atom stereocenters. The first-order chi connectivity index (χ1) is 7.70. The van der Waals surface area contributed by atoms with Gasteiger partial charge < -0.3 is 20.0 Å². The number of allylic oxidation sites excluding steroid dienone is 2. The highest BCUT2D eigenvalue weighted by Crippen LogP contribution is 2.47. The molecule has 7 nitrogen and oxygen atoms in total. The van der Waals surface area contributed by atoms with Crippen molar-refractivity contribution in [2.75, 3.05) is 0 Å². The van der Waals surface area contributed by atoms with E-state index >= 15 is 0 Å². The van der Waals surface area contributed by atoms with Crippen molar-refractivity contribution < 1.29 is 34.2 Å². The third kappa shape index (κ3) is 5.63. The fourth-order valence-corrected chi connectivity index (χ4v) is 2.54. The summed E-state index contributed by atoms with van der Waals surface area (Å²) in [6.45, 7) is 1.50. The minimum atomic E-state index is -4.62. The van der Waals surface area contributed by atoms with Crippen LogP contribution in [0.3, 0.4) is 0 Å². The number of aliphatic carboxylic acids is 2. The molecule has 0 spiro atoms. The highest BCUT2D eigenvalue weighted by Gasteiger charge is 2.38. The number of hydrogen-bond acceptors (Lipinski definition) is 3. The SMILES string of the molecule is CC=CC(C(CCC(=O)O)C(=O)O)P(=O)(O)O. The molecule has 0 heterocycles. The average Bonchev–Trinajstić information content (AvgIpc) is 2.14. The van der Waals surface area contributed by atoms with Crippen LogP contribution in [0.15, 0.2) is 12.2 Å². The molecule has 0 aromatic heterocycles. The fraction of sp³-hybridized carbons (Fsp3) is 0.556. The van der Waals surface area contributed by atoms with Gasteiger partial charge in [-0.25, -0.2) is 0 Å². The van der Waals surface area contributed by atoms with Crippen molar-refractivity contribution in [3.8, 4) is 0 Å². The molecule has 0 fully saturated rings. The Morgan fingerprint density at radius 3 is 2.12 bits per heavy atom. The zero-order valence-electron chi connectivity index (χ0n) is 9.18. The molecule has 0 aliphatic heterocycles. The van der Waals surface area contributed by atoms with Gasteiger partial charge in [0.15, 0.2) is 0 Å².